The van der Waals surface area contributed by atoms with Crippen LogP contribution in [0, 0.1) is 5.82 Å². The van der Waals surface area contributed by atoms with E-state index in [1.807, 2.05) is 0 Å². The average Bonchev–Trinajstić information content (AvgIpc) is 2.60. The third kappa shape index (κ3) is 4.47. The van der Waals surface area contributed by atoms with E-state index in [0.717, 1.165) is 6.26 Å². The highest BCUT2D eigenvalue weighted by Crippen LogP contribution is 2.39. The van der Waals surface area contributed by atoms with E-state index in [0.29, 0.717) is 16.8 Å². The first kappa shape index (κ1) is 21.7. The van der Waals surface area contributed by atoms with Crippen LogP contribution in [0.25, 0.3) is 11.3 Å². The second-order valence-electron chi connectivity index (χ2n) is 6.81. The molecule has 2 rings (SSSR count). The summed E-state index contributed by atoms with van der Waals surface area (Å²) in [6, 6.07) is 7.12. The molecule has 0 aliphatic heterocycles. The molecule has 6 nitrogen and oxygen atoms in total. The SMILES string of the molecule is CN(C(C)(C)c1cc(C(O)CN)nc(-c2ccc(F)cc2)c1Cl)S(C)(=O)=O. The van der Waals surface area contributed by atoms with Gasteiger partial charge in [0.05, 0.1) is 28.2 Å². The molecule has 27 heavy (non-hydrogen) atoms. The highest BCUT2D eigenvalue weighted by Gasteiger charge is 2.35. The van der Waals surface area contributed by atoms with Crippen LogP contribution in [0.3, 0.4) is 0 Å². The van der Waals surface area contributed by atoms with Crippen LogP contribution in [-0.2, 0) is 15.6 Å². The van der Waals surface area contributed by atoms with Gasteiger partial charge in [-0.2, -0.15) is 4.31 Å². The molecular weight excluding hydrogens is 393 g/mol. The van der Waals surface area contributed by atoms with Crippen LogP contribution in [0.4, 0.5) is 4.39 Å². The zero-order chi connectivity index (χ0) is 20.6. The highest BCUT2D eigenvalue weighted by atomic mass is 35.5. The van der Waals surface area contributed by atoms with Crippen LogP contribution in [0.2, 0.25) is 5.02 Å². The lowest BCUT2D eigenvalue weighted by atomic mass is 9.92. The Bertz CT molecular complexity index is 934. The molecule has 1 atom stereocenters. The van der Waals surface area contributed by atoms with Gasteiger partial charge < -0.3 is 10.8 Å². The molecule has 3 N–H and O–H groups in total. The Labute approximate surface area is 163 Å². The van der Waals surface area contributed by atoms with Gasteiger partial charge in [0.1, 0.15) is 11.9 Å². The molecule has 0 spiro atoms. The third-order valence-electron chi connectivity index (χ3n) is 4.60. The Balaban J connectivity index is 2.77. The third-order valence-corrected chi connectivity index (χ3v) is 6.44. The number of rotatable bonds is 6. The summed E-state index contributed by atoms with van der Waals surface area (Å²) in [6.45, 7) is 3.32. The number of aliphatic hydroxyl groups excluding tert-OH is 1. The minimum atomic E-state index is -3.53. The van der Waals surface area contributed by atoms with Crippen LogP contribution >= 0.6 is 11.6 Å². The summed E-state index contributed by atoms with van der Waals surface area (Å²) in [6.07, 6.45) is 0.0416. The topological polar surface area (TPSA) is 96.5 Å². The number of aliphatic hydroxyl groups is 1. The summed E-state index contributed by atoms with van der Waals surface area (Å²) >= 11 is 6.59. The Morgan fingerprint density at radius 3 is 2.37 bits per heavy atom. The van der Waals surface area contributed by atoms with Gasteiger partial charge in [0.15, 0.2) is 0 Å². The predicted octanol–water partition coefficient (Wildman–Crippen LogP) is 2.66. The summed E-state index contributed by atoms with van der Waals surface area (Å²) in [5, 5.41) is 10.4. The molecule has 0 aliphatic carbocycles. The van der Waals surface area contributed by atoms with E-state index < -0.39 is 27.5 Å². The Morgan fingerprint density at radius 2 is 1.89 bits per heavy atom. The number of aromatic nitrogens is 1. The van der Waals surface area contributed by atoms with Crippen LogP contribution in [0.1, 0.15) is 31.2 Å². The molecule has 0 amide bonds. The molecule has 0 fully saturated rings. The smallest absolute Gasteiger partial charge is 0.211 e. The van der Waals surface area contributed by atoms with Gasteiger partial charge in [0.2, 0.25) is 10.0 Å². The molecule has 0 bridgehead atoms. The van der Waals surface area contributed by atoms with Crippen molar-refractivity contribution >= 4 is 21.6 Å². The normalized spacial score (nSPS) is 13.8. The highest BCUT2D eigenvalue weighted by molar-refractivity contribution is 7.88. The van der Waals surface area contributed by atoms with Crippen LogP contribution in [-0.4, -0.2) is 42.7 Å². The van der Waals surface area contributed by atoms with Crippen LogP contribution < -0.4 is 5.73 Å². The number of hydrogen-bond acceptors (Lipinski definition) is 5. The summed E-state index contributed by atoms with van der Waals surface area (Å²) in [5.74, 6) is -0.412. The van der Waals surface area contributed by atoms with E-state index in [2.05, 4.69) is 4.98 Å². The number of nitrogens with two attached hydrogens (primary N) is 1. The van der Waals surface area contributed by atoms with Crippen molar-refractivity contribution in [1.29, 1.82) is 0 Å². The standard InChI is InChI=1S/C18H23ClFN3O3S/c1-18(2,23(3)27(4,25)26)13-9-14(15(24)10-21)22-17(16(13)19)11-5-7-12(20)8-6-11/h5-9,15,24H,10,21H2,1-4H3. The fourth-order valence-corrected chi connectivity index (χ4v) is 4.03. The van der Waals surface area contributed by atoms with Gasteiger partial charge in [-0.3, -0.25) is 0 Å². The largest absolute Gasteiger partial charge is 0.385 e. The lowest BCUT2D eigenvalue weighted by molar-refractivity contribution is 0.181. The average molecular weight is 416 g/mol. The number of pyridine rings is 1. The molecule has 0 aliphatic rings. The van der Waals surface area contributed by atoms with Gasteiger partial charge in [-0.15, -0.1) is 0 Å². The van der Waals surface area contributed by atoms with Crippen molar-refractivity contribution in [1.82, 2.24) is 9.29 Å². The van der Waals surface area contributed by atoms with Crippen molar-refractivity contribution in [3.8, 4) is 11.3 Å². The van der Waals surface area contributed by atoms with Crippen LogP contribution in [0.5, 0.6) is 0 Å². The van der Waals surface area contributed by atoms with E-state index >= 15 is 0 Å². The fourth-order valence-electron chi connectivity index (χ4n) is 2.67. The summed E-state index contributed by atoms with van der Waals surface area (Å²) in [4.78, 5) is 4.39. The fraction of sp³-hybridized carbons (Fsp3) is 0.389. The zero-order valence-electron chi connectivity index (χ0n) is 15.6. The lowest BCUT2D eigenvalue weighted by Gasteiger charge is -2.35. The quantitative estimate of drug-likeness (QED) is 0.756. The maximum absolute atomic E-state index is 13.3. The second kappa shape index (κ2) is 7.81. The second-order valence-corrected chi connectivity index (χ2v) is 9.20. The van der Waals surface area contributed by atoms with E-state index in [-0.39, 0.29) is 17.3 Å². The van der Waals surface area contributed by atoms with E-state index in [1.54, 1.807) is 19.9 Å². The molecular formula is C18H23ClFN3O3S. The number of nitrogens with zero attached hydrogens (tertiary/aromatic N) is 2. The van der Waals surface area contributed by atoms with Crippen molar-refractivity contribution in [3.05, 3.63) is 52.4 Å². The van der Waals surface area contributed by atoms with Crippen molar-refractivity contribution in [3.63, 3.8) is 0 Å². The van der Waals surface area contributed by atoms with Crippen LogP contribution in [0.15, 0.2) is 30.3 Å². The summed E-state index contributed by atoms with van der Waals surface area (Å²) in [5.41, 5.74) is 6.08. The minimum Gasteiger partial charge on any atom is -0.385 e. The van der Waals surface area contributed by atoms with Gasteiger partial charge in [-0.05, 0) is 49.7 Å². The lowest BCUT2D eigenvalue weighted by Crippen LogP contribution is -2.42. The molecule has 0 radical (unpaired) electrons. The van der Waals surface area contributed by atoms with Gasteiger partial charge in [0, 0.05) is 19.2 Å². The monoisotopic (exact) mass is 415 g/mol. The van der Waals surface area contributed by atoms with Gasteiger partial charge in [0.25, 0.3) is 0 Å². The first-order valence-electron chi connectivity index (χ1n) is 8.18. The van der Waals surface area contributed by atoms with Gasteiger partial charge in [-0.1, -0.05) is 11.6 Å². The van der Waals surface area contributed by atoms with E-state index in [4.69, 9.17) is 17.3 Å². The predicted molar refractivity (Wildman–Crippen MR) is 104 cm³/mol. The number of halogens is 2. The zero-order valence-corrected chi connectivity index (χ0v) is 17.1. The molecule has 1 aromatic carbocycles. The maximum Gasteiger partial charge on any atom is 0.211 e. The summed E-state index contributed by atoms with van der Waals surface area (Å²) < 4.78 is 38.6. The van der Waals surface area contributed by atoms with E-state index in [9.17, 15) is 17.9 Å². The Morgan fingerprint density at radius 1 is 1.33 bits per heavy atom. The number of sulfonamides is 1. The van der Waals surface area contributed by atoms with Crippen molar-refractivity contribution in [2.24, 2.45) is 5.73 Å². The first-order valence-corrected chi connectivity index (χ1v) is 10.4. The maximum atomic E-state index is 13.3. The minimum absolute atomic E-state index is 0.0702. The summed E-state index contributed by atoms with van der Waals surface area (Å²) in [7, 11) is -2.08. The molecule has 9 heteroatoms. The molecule has 148 valence electrons. The molecule has 0 saturated heterocycles. The molecule has 1 aromatic heterocycles. The molecule has 1 unspecified atom stereocenters. The Hall–Kier alpha value is -1.58. The van der Waals surface area contributed by atoms with Crippen molar-refractivity contribution < 1.29 is 17.9 Å². The van der Waals surface area contributed by atoms with Crippen molar-refractivity contribution in [2.75, 3.05) is 19.8 Å². The van der Waals surface area contributed by atoms with Gasteiger partial charge in [-0.25, -0.2) is 17.8 Å². The molecule has 2 aromatic rings. The van der Waals surface area contributed by atoms with E-state index in [1.165, 1.54) is 35.6 Å². The number of benzene rings is 1. The number of hydrogen-bond donors (Lipinski definition) is 2. The van der Waals surface area contributed by atoms with Gasteiger partial charge >= 0.3 is 0 Å². The van der Waals surface area contributed by atoms with Crippen molar-refractivity contribution in [2.45, 2.75) is 25.5 Å². The molecule has 1 heterocycles. The Kier molecular flexibility index (Phi) is 6.28. The molecule has 0 saturated carbocycles. The first-order chi connectivity index (χ1) is 12.4.